The molecule has 0 bridgehead atoms. The van der Waals surface area contributed by atoms with Crippen molar-refractivity contribution >= 4 is 0 Å². The first-order chi connectivity index (χ1) is 9.24. The molecule has 0 aromatic carbocycles. The molecule has 1 aromatic rings. The Balaban J connectivity index is 1.98. The Morgan fingerprint density at radius 2 is 2.11 bits per heavy atom. The second-order valence-corrected chi connectivity index (χ2v) is 5.35. The average Bonchev–Trinajstić information content (AvgIpc) is 3.09. The molecule has 0 radical (unpaired) electrons. The minimum absolute atomic E-state index is 0.0699. The normalized spacial score (nSPS) is 23.4. The summed E-state index contributed by atoms with van der Waals surface area (Å²) < 4.78 is 5.52. The van der Waals surface area contributed by atoms with E-state index in [1.807, 2.05) is 0 Å². The van der Waals surface area contributed by atoms with Gasteiger partial charge in [-0.1, -0.05) is 25.9 Å². The highest BCUT2D eigenvalue weighted by Crippen LogP contribution is 2.32. The molecule has 1 unspecified atom stereocenters. The van der Waals surface area contributed by atoms with Gasteiger partial charge in [0.25, 0.3) is 0 Å². The van der Waals surface area contributed by atoms with Crippen molar-refractivity contribution in [3.05, 3.63) is 11.7 Å². The van der Waals surface area contributed by atoms with Gasteiger partial charge < -0.3 is 14.7 Å². The summed E-state index contributed by atoms with van der Waals surface area (Å²) in [5, 5.41) is 7.56. The molecular formula is C14H26N4O. The molecule has 1 N–H and O–H groups in total. The smallest absolute Gasteiger partial charge is 0.234 e. The number of aromatic nitrogens is 2. The largest absolute Gasteiger partial charge is 0.339 e. The zero-order valence-electron chi connectivity index (χ0n) is 12.4. The fraction of sp³-hybridized carbons (Fsp3) is 0.857. The van der Waals surface area contributed by atoms with Gasteiger partial charge in [-0.3, -0.25) is 0 Å². The molecule has 1 aliphatic heterocycles. The number of nitrogens with one attached hydrogen (secondary N) is 1. The Morgan fingerprint density at radius 3 is 2.68 bits per heavy atom. The first kappa shape index (κ1) is 14.5. The molecule has 0 aliphatic carbocycles. The molecule has 0 amide bonds. The highest BCUT2D eigenvalue weighted by molar-refractivity contribution is 5.09. The standard InChI is InChI=1S/C14H26N4O/c1-4-14(8-9-15-11-14)13-16-12(17-19-13)7-10-18(5-2)6-3/h15H,4-11H2,1-3H3. The van der Waals surface area contributed by atoms with Crippen LogP contribution in [0.25, 0.3) is 0 Å². The second-order valence-electron chi connectivity index (χ2n) is 5.35. The van der Waals surface area contributed by atoms with Gasteiger partial charge in [-0.2, -0.15) is 4.98 Å². The lowest BCUT2D eigenvalue weighted by atomic mass is 9.84. The van der Waals surface area contributed by atoms with Crippen LogP contribution in [-0.2, 0) is 11.8 Å². The lowest BCUT2D eigenvalue weighted by Gasteiger charge is -2.20. The summed E-state index contributed by atoms with van der Waals surface area (Å²) in [6.07, 6.45) is 3.03. The van der Waals surface area contributed by atoms with Crippen molar-refractivity contribution in [1.29, 1.82) is 0 Å². The van der Waals surface area contributed by atoms with E-state index >= 15 is 0 Å². The van der Waals surface area contributed by atoms with Gasteiger partial charge in [0, 0.05) is 19.5 Å². The third kappa shape index (κ3) is 3.15. The molecule has 1 aliphatic rings. The first-order valence-electron chi connectivity index (χ1n) is 7.50. The fourth-order valence-electron chi connectivity index (χ4n) is 2.75. The predicted molar refractivity (Wildman–Crippen MR) is 75.2 cm³/mol. The van der Waals surface area contributed by atoms with Gasteiger partial charge in [0.1, 0.15) is 0 Å². The van der Waals surface area contributed by atoms with E-state index in [0.717, 1.165) is 63.7 Å². The Morgan fingerprint density at radius 1 is 1.32 bits per heavy atom. The Bertz CT molecular complexity index is 381. The molecule has 2 heterocycles. The Kier molecular flexibility index (Phi) is 4.93. The van der Waals surface area contributed by atoms with Crippen LogP contribution in [0.15, 0.2) is 4.52 Å². The topological polar surface area (TPSA) is 54.2 Å². The van der Waals surface area contributed by atoms with E-state index in [0.29, 0.717) is 0 Å². The predicted octanol–water partition coefficient (Wildman–Crippen LogP) is 1.59. The number of hydrogen-bond acceptors (Lipinski definition) is 5. The van der Waals surface area contributed by atoms with Crippen LogP contribution >= 0.6 is 0 Å². The van der Waals surface area contributed by atoms with Gasteiger partial charge in [0.15, 0.2) is 5.82 Å². The van der Waals surface area contributed by atoms with E-state index in [1.165, 1.54) is 0 Å². The Hall–Kier alpha value is -0.940. The van der Waals surface area contributed by atoms with Gasteiger partial charge >= 0.3 is 0 Å². The second kappa shape index (κ2) is 6.48. The molecule has 108 valence electrons. The van der Waals surface area contributed by atoms with Crippen LogP contribution in [-0.4, -0.2) is 47.8 Å². The molecule has 2 rings (SSSR count). The summed E-state index contributed by atoms with van der Waals surface area (Å²) in [4.78, 5) is 7.01. The first-order valence-corrected chi connectivity index (χ1v) is 7.50. The maximum atomic E-state index is 5.52. The van der Waals surface area contributed by atoms with Crippen LogP contribution < -0.4 is 5.32 Å². The van der Waals surface area contributed by atoms with Gasteiger partial charge in [-0.05, 0) is 32.5 Å². The molecular weight excluding hydrogens is 240 g/mol. The Labute approximate surface area is 115 Å². The molecule has 5 heteroatoms. The minimum atomic E-state index is 0.0699. The van der Waals surface area contributed by atoms with Crippen LogP contribution in [0.2, 0.25) is 0 Å². The lowest BCUT2D eigenvalue weighted by molar-refractivity contribution is 0.280. The maximum Gasteiger partial charge on any atom is 0.234 e. The summed E-state index contributed by atoms with van der Waals surface area (Å²) in [6.45, 7) is 11.7. The molecule has 1 aromatic heterocycles. The third-order valence-corrected chi connectivity index (χ3v) is 4.39. The summed E-state index contributed by atoms with van der Waals surface area (Å²) in [7, 11) is 0. The molecule has 5 nitrogen and oxygen atoms in total. The van der Waals surface area contributed by atoms with Gasteiger partial charge in [0.2, 0.25) is 5.89 Å². The van der Waals surface area contributed by atoms with E-state index in [-0.39, 0.29) is 5.41 Å². The monoisotopic (exact) mass is 266 g/mol. The summed E-state index contributed by atoms with van der Waals surface area (Å²) in [5.41, 5.74) is 0.0699. The zero-order chi connectivity index (χ0) is 13.7. The van der Waals surface area contributed by atoms with Crippen molar-refractivity contribution in [1.82, 2.24) is 20.4 Å². The molecule has 1 saturated heterocycles. The number of likely N-dealkylation sites (N-methyl/N-ethyl adjacent to an activating group) is 1. The zero-order valence-corrected chi connectivity index (χ0v) is 12.4. The quantitative estimate of drug-likeness (QED) is 0.812. The van der Waals surface area contributed by atoms with Crippen LogP contribution in [0.4, 0.5) is 0 Å². The lowest BCUT2D eigenvalue weighted by Crippen LogP contribution is -2.28. The van der Waals surface area contributed by atoms with Crippen molar-refractivity contribution in [3.63, 3.8) is 0 Å². The average molecular weight is 266 g/mol. The van der Waals surface area contributed by atoms with E-state index in [9.17, 15) is 0 Å². The van der Waals surface area contributed by atoms with E-state index in [4.69, 9.17) is 4.52 Å². The van der Waals surface area contributed by atoms with E-state index < -0.39 is 0 Å². The van der Waals surface area contributed by atoms with E-state index in [1.54, 1.807) is 0 Å². The molecule has 0 saturated carbocycles. The maximum absolute atomic E-state index is 5.52. The van der Waals surface area contributed by atoms with Crippen LogP contribution in [0.5, 0.6) is 0 Å². The highest BCUT2D eigenvalue weighted by Gasteiger charge is 2.39. The van der Waals surface area contributed by atoms with Crippen LogP contribution in [0.3, 0.4) is 0 Å². The minimum Gasteiger partial charge on any atom is -0.339 e. The summed E-state index contributed by atoms with van der Waals surface area (Å²) in [6, 6.07) is 0. The van der Waals surface area contributed by atoms with Crippen molar-refractivity contribution in [2.75, 3.05) is 32.7 Å². The highest BCUT2D eigenvalue weighted by atomic mass is 16.5. The molecule has 19 heavy (non-hydrogen) atoms. The van der Waals surface area contributed by atoms with Crippen molar-refractivity contribution < 1.29 is 4.52 Å². The molecule has 0 spiro atoms. The van der Waals surface area contributed by atoms with E-state index in [2.05, 4.69) is 41.1 Å². The van der Waals surface area contributed by atoms with Gasteiger partial charge in [-0.15, -0.1) is 0 Å². The SMILES string of the molecule is CCN(CC)CCc1noc(C2(CC)CCNC2)n1. The number of rotatable bonds is 7. The number of hydrogen-bond donors (Lipinski definition) is 1. The fourth-order valence-corrected chi connectivity index (χ4v) is 2.75. The van der Waals surface area contributed by atoms with Crippen LogP contribution in [0, 0.1) is 0 Å². The third-order valence-electron chi connectivity index (χ3n) is 4.39. The molecule has 1 fully saturated rings. The summed E-state index contributed by atoms with van der Waals surface area (Å²) >= 11 is 0. The summed E-state index contributed by atoms with van der Waals surface area (Å²) in [5.74, 6) is 1.68. The van der Waals surface area contributed by atoms with Crippen molar-refractivity contribution in [3.8, 4) is 0 Å². The van der Waals surface area contributed by atoms with Crippen molar-refractivity contribution in [2.24, 2.45) is 0 Å². The number of nitrogens with zero attached hydrogens (tertiary/aromatic N) is 3. The van der Waals surface area contributed by atoms with Crippen LogP contribution in [0.1, 0.15) is 45.3 Å². The van der Waals surface area contributed by atoms with Gasteiger partial charge in [-0.25, -0.2) is 0 Å². The van der Waals surface area contributed by atoms with Crippen molar-refractivity contribution in [2.45, 2.75) is 45.4 Å². The van der Waals surface area contributed by atoms with Gasteiger partial charge in [0.05, 0.1) is 5.41 Å². The molecule has 1 atom stereocenters.